The fraction of sp³-hybridized carbons (Fsp3) is 0. The van der Waals surface area contributed by atoms with E-state index in [4.69, 9.17) is 0 Å². The van der Waals surface area contributed by atoms with Gasteiger partial charge in [-0.15, -0.1) is 24.8 Å². The Kier molecular flexibility index (Phi) is 293. The molecule has 0 aromatic heterocycles. The Hall–Kier alpha value is 1.53. The third-order valence-corrected chi connectivity index (χ3v) is 0. The van der Waals surface area contributed by atoms with Gasteiger partial charge >= 0.3 is 0 Å². The zero-order valence-corrected chi connectivity index (χ0v) is 5.98. The molecule has 0 aromatic rings. The first-order valence-electron chi connectivity index (χ1n) is 0. The maximum Gasteiger partial charge on any atom is 0 e. The molecular weight excluding hydrogens is 173 g/mol. The molecule has 0 bridgehead atoms. The predicted molar refractivity (Wildman–Crippen MR) is 20.2 cm³/mol. The minimum absolute atomic E-state index is 0. The molecule has 0 aromatic carbocycles. The van der Waals surface area contributed by atoms with Crippen LogP contribution in [0.25, 0.3) is 0 Å². The Balaban J connectivity index is 0. The molecule has 0 saturated carbocycles. The van der Waals surface area contributed by atoms with Gasteiger partial charge in [-0.05, 0) is 0 Å². The number of rotatable bonds is 0. The molecule has 23 valence electrons. The quantitative estimate of drug-likeness (QED) is 0.469. The maximum absolute atomic E-state index is 0. The summed E-state index contributed by atoms with van der Waals surface area (Å²) in [6, 6.07) is 0. The number of hydrogen-bond donors (Lipinski definition) is 0. The van der Waals surface area contributed by atoms with Gasteiger partial charge in [0.15, 0.2) is 0 Å². The summed E-state index contributed by atoms with van der Waals surface area (Å²) in [7, 11) is 0. The van der Waals surface area contributed by atoms with E-state index in [2.05, 4.69) is 0 Å². The van der Waals surface area contributed by atoms with Crippen LogP contribution >= 0.6 is 24.8 Å². The summed E-state index contributed by atoms with van der Waals surface area (Å²) in [4.78, 5) is 0. The molecule has 0 saturated heterocycles. The van der Waals surface area contributed by atoms with Crippen molar-refractivity contribution in [3.63, 3.8) is 0 Å². The summed E-state index contributed by atoms with van der Waals surface area (Å²) < 4.78 is 0. The molecule has 0 unspecified atom stereocenters. The Bertz CT molecular complexity index is 6.00. The average molecular weight is 175 g/mol. The van der Waals surface area contributed by atoms with Crippen LogP contribution in [0.5, 0.6) is 0 Å². The third-order valence-electron chi connectivity index (χ3n) is 0. The zero-order chi connectivity index (χ0) is 0. The van der Waals surface area contributed by atoms with Crippen LogP contribution in [0.15, 0.2) is 0 Å². The van der Waals surface area contributed by atoms with Crippen LogP contribution in [0.2, 0.25) is 0 Å². The molecule has 4 heteroatoms. The average Bonchev–Trinajstić information content (AvgIpc) is 0. The van der Waals surface area contributed by atoms with Gasteiger partial charge < -0.3 is 0 Å². The summed E-state index contributed by atoms with van der Waals surface area (Å²) in [5.41, 5.74) is 0. The van der Waals surface area contributed by atoms with Crippen LogP contribution in [0.3, 0.4) is 0 Å². The molecule has 4 heavy (non-hydrogen) atoms. The van der Waals surface area contributed by atoms with E-state index in [9.17, 15) is 0 Å². The first kappa shape index (κ1) is 48.5. The zero-order valence-electron chi connectivity index (χ0n) is 1.89. The van der Waals surface area contributed by atoms with E-state index in [1.807, 2.05) is 0 Å². The molecule has 0 aliphatic heterocycles. The predicted octanol–water partition coefficient (Wildman–Crippen LogP) is 0.460. The third kappa shape index (κ3) is 9.66. The summed E-state index contributed by atoms with van der Waals surface area (Å²) in [5.74, 6) is 0. The molecule has 0 atom stereocenters. The fourth-order valence-corrected chi connectivity index (χ4v) is 0. The van der Waals surface area contributed by atoms with Gasteiger partial charge in [0.2, 0.25) is 0 Å². The number of hydrogen-bond acceptors (Lipinski definition) is 0. The van der Waals surface area contributed by atoms with E-state index in [1.54, 1.807) is 0 Å². The standard InChI is InChI=1S/B.2ClH.Zr/h;2*1H;. The van der Waals surface area contributed by atoms with E-state index >= 15 is 0 Å². The smallest absolute Gasteiger partial charge is 0 e. The van der Waals surface area contributed by atoms with Crippen molar-refractivity contribution >= 4 is 33.2 Å². The van der Waals surface area contributed by atoms with Crippen molar-refractivity contribution in [3.05, 3.63) is 0 Å². The van der Waals surface area contributed by atoms with Crippen LogP contribution in [0.1, 0.15) is 0 Å². The Morgan fingerprint density at radius 1 is 0.750 bits per heavy atom. The van der Waals surface area contributed by atoms with E-state index in [-0.39, 0.29) is 59.4 Å². The van der Waals surface area contributed by atoms with Crippen molar-refractivity contribution in [2.24, 2.45) is 0 Å². The van der Waals surface area contributed by atoms with E-state index in [0.717, 1.165) is 0 Å². The molecule has 0 N–H and O–H groups in total. The molecule has 0 rings (SSSR count). The minimum atomic E-state index is 0. The largest absolute Gasteiger partial charge is 0.147 e. The first-order valence-corrected chi connectivity index (χ1v) is 0. The van der Waals surface area contributed by atoms with Crippen LogP contribution in [0.4, 0.5) is 0 Å². The van der Waals surface area contributed by atoms with Crippen molar-refractivity contribution in [1.29, 1.82) is 0 Å². The second-order valence-electron chi connectivity index (χ2n) is 0. The van der Waals surface area contributed by atoms with E-state index in [0.29, 0.717) is 0 Å². The van der Waals surface area contributed by atoms with Gasteiger partial charge in [0.05, 0.1) is 0 Å². The van der Waals surface area contributed by atoms with Crippen LogP contribution in [-0.2, 0) is 26.2 Å². The SMILES string of the molecule is Cl.Cl.[B].[Zr]. The molecule has 0 amide bonds. The van der Waals surface area contributed by atoms with Crippen LogP contribution in [0, 0.1) is 0 Å². The molecule has 0 aliphatic carbocycles. The van der Waals surface area contributed by atoms with Gasteiger partial charge in [-0.25, -0.2) is 0 Å². The Labute approximate surface area is 59.2 Å². The van der Waals surface area contributed by atoms with Gasteiger partial charge in [-0.1, -0.05) is 0 Å². The van der Waals surface area contributed by atoms with E-state index < -0.39 is 0 Å². The molecule has 0 heterocycles. The molecular formula is H2BCl2Zr. The summed E-state index contributed by atoms with van der Waals surface area (Å²) in [6.07, 6.45) is 0. The van der Waals surface area contributed by atoms with Crippen molar-refractivity contribution in [2.45, 2.75) is 0 Å². The minimum Gasteiger partial charge on any atom is -0.147 e. The Morgan fingerprint density at radius 3 is 0.750 bits per heavy atom. The van der Waals surface area contributed by atoms with Crippen LogP contribution < -0.4 is 0 Å². The molecule has 0 spiro atoms. The molecule has 3 radical (unpaired) electrons. The first-order chi connectivity index (χ1) is 0. The van der Waals surface area contributed by atoms with Crippen molar-refractivity contribution < 1.29 is 26.2 Å². The van der Waals surface area contributed by atoms with E-state index in [1.165, 1.54) is 0 Å². The number of halogens is 2. The van der Waals surface area contributed by atoms with Gasteiger partial charge in [-0.2, -0.15) is 0 Å². The van der Waals surface area contributed by atoms with Gasteiger partial charge in [0.1, 0.15) is 0 Å². The second kappa shape index (κ2) is 24.1. The van der Waals surface area contributed by atoms with Crippen LogP contribution in [-0.4, -0.2) is 8.41 Å². The van der Waals surface area contributed by atoms with Gasteiger partial charge in [-0.3, -0.25) is 0 Å². The molecule has 0 aliphatic rings. The van der Waals surface area contributed by atoms with Crippen molar-refractivity contribution in [1.82, 2.24) is 0 Å². The topological polar surface area (TPSA) is 0 Å². The van der Waals surface area contributed by atoms with Crippen molar-refractivity contribution in [3.8, 4) is 0 Å². The fourth-order valence-electron chi connectivity index (χ4n) is 0. The second-order valence-corrected chi connectivity index (χ2v) is 0. The summed E-state index contributed by atoms with van der Waals surface area (Å²) in [5, 5.41) is 0. The maximum atomic E-state index is 0. The summed E-state index contributed by atoms with van der Waals surface area (Å²) in [6.45, 7) is 0. The summed E-state index contributed by atoms with van der Waals surface area (Å²) >= 11 is 0. The molecule has 0 fully saturated rings. The monoisotopic (exact) mass is 173 g/mol. The Morgan fingerprint density at radius 2 is 0.750 bits per heavy atom. The van der Waals surface area contributed by atoms with Gasteiger partial charge in [0.25, 0.3) is 0 Å². The normalized spacial score (nSPS) is 0. The molecule has 0 nitrogen and oxygen atoms in total. The van der Waals surface area contributed by atoms with Gasteiger partial charge in [0, 0.05) is 34.6 Å². The van der Waals surface area contributed by atoms with Crippen molar-refractivity contribution in [2.75, 3.05) is 0 Å².